The van der Waals surface area contributed by atoms with E-state index in [0.29, 0.717) is 13.0 Å². The number of likely N-dealkylation sites (tertiary alicyclic amines) is 1. The van der Waals surface area contributed by atoms with Crippen molar-refractivity contribution >= 4 is 12.1 Å². The van der Waals surface area contributed by atoms with Crippen LogP contribution in [-0.4, -0.2) is 39.8 Å². The third-order valence-electron chi connectivity index (χ3n) is 2.32. The predicted octanol–water partition coefficient (Wildman–Crippen LogP) is 0.459. The third kappa shape index (κ3) is 1.34. The van der Waals surface area contributed by atoms with Crippen molar-refractivity contribution in [2.75, 3.05) is 6.54 Å². The van der Waals surface area contributed by atoms with Gasteiger partial charge in [-0.15, -0.1) is 0 Å². The monoisotopic (exact) mass is 173 g/mol. The van der Waals surface area contributed by atoms with Gasteiger partial charge in [-0.2, -0.15) is 0 Å². The first-order valence-corrected chi connectivity index (χ1v) is 3.76. The van der Waals surface area contributed by atoms with Gasteiger partial charge < -0.3 is 15.1 Å². The Bertz CT molecular complexity index is 193. The lowest BCUT2D eigenvalue weighted by molar-refractivity contribution is -0.142. The number of carboxylic acid groups (broad SMARTS) is 2. The van der Waals surface area contributed by atoms with Crippen molar-refractivity contribution in [3.63, 3.8) is 0 Å². The largest absolute Gasteiger partial charge is 0.481 e. The predicted molar refractivity (Wildman–Crippen MR) is 39.9 cm³/mol. The van der Waals surface area contributed by atoms with E-state index in [2.05, 4.69) is 0 Å². The molecule has 2 atom stereocenters. The van der Waals surface area contributed by atoms with Crippen LogP contribution in [0, 0.1) is 5.92 Å². The molecule has 0 aromatic heterocycles. The van der Waals surface area contributed by atoms with Crippen LogP contribution in [0.2, 0.25) is 0 Å². The molecule has 5 nitrogen and oxygen atoms in total. The Hall–Kier alpha value is -1.26. The van der Waals surface area contributed by atoms with E-state index in [1.165, 1.54) is 4.90 Å². The molecule has 1 rings (SSSR count). The molecule has 1 fully saturated rings. The zero-order valence-corrected chi connectivity index (χ0v) is 6.73. The third-order valence-corrected chi connectivity index (χ3v) is 2.32. The summed E-state index contributed by atoms with van der Waals surface area (Å²) in [4.78, 5) is 22.2. The first-order valence-electron chi connectivity index (χ1n) is 3.76. The normalized spacial score (nSPS) is 28.9. The Kier molecular flexibility index (Phi) is 2.21. The van der Waals surface area contributed by atoms with E-state index in [4.69, 9.17) is 10.2 Å². The Morgan fingerprint density at radius 1 is 1.42 bits per heavy atom. The number of rotatable bonds is 1. The van der Waals surface area contributed by atoms with Gasteiger partial charge in [-0.3, -0.25) is 4.79 Å². The van der Waals surface area contributed by atoms with E-state index in [0.717, 1.165) is 0 Å². The lowest BCUT2D eigenvalue weighted by Gasteiger charge is -2.19. The van der Waals surface area contributed by atoms with Gasteiger partial charge in [0.2, 0.25) is 0 Å². The van der Waals surface area contributed by atoms with E-state index < -0.39 is 24.0 Å². The number of hydrogen-bond donors (Lipinski definition) is 2. The highest BCUT2D eigenvalue weighted by molar-refractivity contribution is 5.74. The second-order valence-corrected chi connectivity index (χ2v) is 2.95. The van der Waals surface area contributed by atoms with Gasteiger partial charge in [-0.1, -0.05) is 0 Å². The number of aliphatic carboxylic acids is 1. The second kappa shape index (κ2) is 3.00. The minimum atomic E-state index is -1.04. The van der Waals surface area contributed by atoms with Gasteiger partial charge >= 0.3 is 12.1 Å². The van der Waals surface area contributed by atoms with Crippen molar-refractivity contribution in [1.82, 2.24) is 4.90 Å². The van der Waals surface area contributed by atoms with E-state index in [1.54, 1.807) is 6.92 Å². The zero-order chi connectivity index (χ0) is 9.30. The lowest BCUT2D eigenvalue weighted by atomic mass is 10.0. The highest BCUT2D eigenvalue weighted by atomic mass is 16.4. The molecule has 1 amide bonds. The number of hydrogen-bond acceptors (Lipinski definition) is 2. The summed E-state index contributed by atoms with van der Waals surface area (Å²) in [5.74, 6) is -1.45. The highest BCUT2D eigenvalue weighted by Gasteiger charge is 2.37. The summed E-state index contributed by atoms with van der Waals surface area (Å²) in [6.45, 7) is 1.95. The molecule has 12 heavy (non-hydrogen) atoms. The van der Waals surface area contributed by atoms with Gasteiger partial charge in [0.1, 0.15) is 0 Å². The number of carbonyl (C=O) groups is 2. The van der Waals surface area contributed by atoms with Crippen LogP contribution in [-0.2, 0) is 4.79 Å². The molecule has 2 N–H and O–H groups in total. The van der Waals surface area contributed by atoms with Crippen molar-refractivity contribution in [3.05, 3.63) is 0 Å². The summed E-state index contributed by atoms with van der Waals surface area (Å²) >= 11 is 0. The van der Waals surface area contributed by atoms with Crippen molar-refractivity contribution in [3.8, 4) is 0 Å². The fourth-order valence-electron chi connectivity index (χ4n) is 1.54. The van der Waals surface area contributed by atoms with Crippen LogP contribution in [0.5, 0.6) is 0 Å². The van der Waals surface area contributed by atoms with Crippen LogP contribution >= 0.6 is 0 Å². The average Bonchev–Trinajstić information content (AvgIpc) is 2.30. The molecule has 1 aliphatic heterocycles. The average molecular weight is 173 g/mol. The Morgan fingerprint density at radius 3 is 2.25 bits per heavy atom. The van der Waals surface area contributed by atoms with Gasteiger partial charge in [0, 0.05) is 12.6 Å². The molecule has 1 aliphatic rings. The Labute approximate surface area is 69.6 Å². The van der Waals surface area contributed by atoms with Crippen LogP contribution in [0.4, 0.5) is 4.79 Å². The van der Waals surface area contributed by atoms with Crippen molar-refractivity contribution in [2.45, 2.75) is 19.4 Å². The van der Waals surface area contributed by atoms with E-state index in [1.807, 2.05) is 0 Å². The lowest BCUT2D eigenvalue weighted by Crippen LogP contribution is -2.36. The first kappa shape index (κ1) is 8.83. The van der Waals surface area contributed by atoms with E-state index in [9.17, 15) is 9.59 Å². The number of amides is 1. The molecule has 68 valence electrons. The van der Waals surface area contributed by atoms with Crippen molar-refractivity contribution in [2.24, 2.45) is 5.92 Å². The molecule has 0 spiro atoms. The minimum absolute atomic E-state index is 0.327. The number of carboxylic acids is 1. The van der Waals surface area contributed by atoms with Crippen LogP contribution in [0.3, 0.4) is 0 Å². The maximum Gasteiger partial charge on any atom is 0.407 e. The Morgan fingerprint density at radius 2 is 2.00 bits per heavy atom. The first-order chi connectivity index (χ1) is 5.54. The second-order valence-electron chi connectivity index (χ2n) is 2.95. The van der Waals surface area contributed by atoms with Crippen molar-refractivity contribution in [1.29, 1.82) is 0 Å². The maximum absolute atomic E-state index is 10.6. The molecular weight excluding hydrogens is 162 g/mol. The minimum Gasteiger partial charge on any atom is -0.481 e. The molecule has 0 bridgehead atoms. The molecule has 0 saturated carbocycles. The van der Waals surface area contributed by atoms with Gasteiger partial charge in [0.15, 0.2) is 0 Å². The van der Waals surface area contributed by atoms with Gasteiger partial charge in [-0.05, 0) is 13.3 Å². The van der Waals surface area contributed by atoms with E-state index in [-0.39, 0.29) is 0 Å². The summed E-state index contributed by atoms with van der Waals surface area (Å²) in [7, 11) is 0. The van der Waals surface area contributed by atoms with Crippen LogP contribution in [0.15, 0.2) is 0 Å². The van der Waals surface area contributed by atoms with Crippen molar-refractivity contribution < 1.29 is 19.8 Å². The molecule has 5 heteroatoms. The summed E-state index contributed by atoms with van der Waals surface area (Å²) < 4.78 is 0. The quantitative estimate of drug-likeness (QED) is 0.603. The summed E-state index contributed by atoms with van der Waals surface area (Å²) in [6, 6.07) is -0.403. The SMILES string of the molecule is C[C@@H]1[C@H](C(=O)O)CCN1C(=O)O. The van der Waals surface area contributed by atoms with Gasteiger partial charge in [-0.25, -0.2) is 4.79 Å². The fraction of sp³-hybridized carbons (Fsp3) is 0.714. The molecule has 0 aromatic carbocycles. The molecule has 0 unspecified atom stereocenters. The smallest absolute Gasteiger partial charge is 0.407 e. The van der Waals surface area contributed by atoms with Crippen LogP contribution in [0.1, 0.15) is 13.3 Å². The van der Waals surface area contributed by atoms with Gasteiger partial charge in [0.05, 0.1) is 5.92 Å². The van der Waals surface area contributed by atoms with Gasteiger partial charge in [0.25, 0.3) is 0 Å². The summed E-state index contributed by atoms with van der Waals surface area (Å²) in [6.07, 6.45) is -0.616. The van der Waals surface area contributed by atoms with Crippen LogP contribution in [0.25, 0.3) is 0 Å². The Balaban J connectivity index is 2.67. The molecule has 1 heterocycles. The topological polar surface area (TPSA) is 77.8 Å². The van der Waals surface area contributed by atoms with E-state index >= 15 is 0 Å². The number of nitrogens with zero attached hydrogens (tertiary/aromatic N) is 1. The summed E-state index contributed by atoms with van der Waals surface area (Å²) in [5, 5.41) is 17.3. The molecule has 0 aromatic rings. The molecule has 0 radical (unpaired) electrons. The maximum atomic E-state index is 10.6. The zero-order valence-electron chi connectivity index (χ0n) is 6.73. The summed E-state index contributed by atoms with van der Waals surface area (Å²) in [5.41, 5.74) is 0. The fourth-order valence-corrected chi connectivity index (χ4v) is 1.54. The van der Waals surface area contributed by atoms with Crippen LogP contribution < -0.4 is 0 Å². The highest BCUT2D eigenvalue weighted by Crippen LogP contribution is 2.23. The molecule has 0 aliphatic carbocycles. The standard InChI is InChI=1S/C7H11NO4/c1-4-5(6(9)10)2-3-8(4)7(11)12/h4-5H,2-3H2,1H3,(H,9,10)(H,11,12)/t4-,5-/m1/s1. The molecular formula is C7H11NO4. The molecule has 1 saturated heterocycles.